The van der Waals surface area contributed by atoms with Gasteiger partial charge in [0.25, 0.3) is 0 Å². The zero-order valence-corrected chi connectivity index (χ0v) is 18.5. The molecule has 29 heavy (non-hydrogen) atoms. The highest BCUT2D eigenvalue weighted by Crippen LogP contribution is 2.46. The van der Waals surface area contributed by atoms with Crippen LogP contribution in [-0.4, -0.2) is 5.78 Å². The molecule has 0 atom stereocenters. The predicted octanol–water partition coefficient (Wildman–Crippen LogP) is 7.31. The highest BCUT2D eigenvalue weighted by molar-refractivity contribution is 6.10. The Bertz CT molecular complexity index is 1030. The first-order valence-electron chi connectivity index (χ1n) is 10.8. The van der Waals surface area contributed by atoms with Gasteiger partial charge in [0.2, 0.25) is 0 Å². The third-order valence-corrected chi connectivity index (χ3v) is 7.08. The maximum absolute atomic E-state index is 13.4. The average Bonchev–Trinajstić information content (AvgIpc) is 3.11. The van der Waals surface area contributed by atoms with E-state index in [-0.39, 0.29) is 16.6 Å². The molecule has 0 aromatic heterocycles. The maximum Gasteiger partial charge on any atom is 0.193 e. The Kier molecular flexibility index (Phi) is 4.69. The van der Waals surface area contributed by atoms with Crippen molar-refractivity contribution in [3.05, 3.63) is 88.0 Å². The van der Waals surface area contributed by atoms with Gasteiger partial charge in [-0.1, -0.05) is 70.7 Å². The molecule has 4 rings (SSSR count). The monoisotopic (exact) mass is 384 g/mol. The van der Waals surface area contributed by atoms with Crippen molar-refractivity contribution in [2.24, 2.45) is 0 Å². The quantitative estimate of drug-likeness (QED) is 0.507. The zero-order valence-electron chi connectivity index (χ0n) is 18.5. The molecule has 0 radical (unpaired) electrons. The van der Waals surface area contributed by atoms with Crippen LogP contribution in [0.4, 0.5) is 0 Å². The fourth-order valence-corrected chi connectivity index (χ4v) is 4.92. The molecule has 2 aromatic rings. The van der Waals surface area contributed by atoms with Crippen molar-refractivity contribution in [2.45, 2.75) is 71.1 Å². The third-order valence-electron chi connectivity index (χ3n) is 7.08. The minimum atomic E-state index is 0.104. The Morgan fingerprint density at radius 3 is 2.07 bits per heavy atom. The predicted molar refractivity (Wildman–Crippen MR) is 123 cm³/mol. The zero-order chi connectivity index (χ0) is 21.0. The summed E-state index contributed by atoms with van der Waals surface area (Å²) in [7, 11) is 0. The number of hydrogen-bond acceptors (Lipinski definition) is 1. The Morgan fingerprint density at radius 1 is 0.931 bits per heavy atom. The number of hydrogen-bond donors (Lipinski definition) is 0. The summed E-state index contributed by atoms with van der Waals surface area (Å²) in [4.78, 5) is 13.4. The van der Waals surface area contributed by atoms with E-state index in [1.165, 1.54) is 28.7 Å². The van der Waals surface area contributed by atoms with Crippen LogP contribution in [0.25, 0.3) is 5.57 Å². The van der Waals surface area contributed by atoms with E-state index in [1.54, 1.807) is 0 Å². The summed E-state index contributed by atoms with van der Waals surface area (Å²) in [5.41, 5.74) is 9.28. The Labute approximate surface area is 175 Å². The average molecular weight is 385 g/mol. The van der Waals surface area contributed by atoms with Gasteiger partial charge in [-0.15, -0.1) is 0 Å². The molecule has 150 valence electrons. The molecule has 0 fully saturated rings. The van der Waals surface area contributed by atoms with E-state index in [0.29, 0.717) is 0 Å². The molecule has 2 aromatic carbocycles. The van der Waals surface area contributed by atoms with Gasteiger partial charge in [0.1, 0.15) is 0 Å². The minimum absolute atomic E-state index is 0.104. The normalized spacial score (nSPS) is 19.6. The minimum Gasteiger partial charge on any atom is -0.289 e. The lowest BCUT2D eigenvalue weighted by Crippen LogP contribution is -2.34. The number of carbonyl (C=O) groups excluding carboxylic acids is 1. The summed E-state index contributed by atoms with van der Waals surface area (Å²) in [6.45, 7) is 15.5. The summed E-state index contributed by atoms with van der Waals surface area (Å²) in [6, 6.07) is 12.5. The van der Waals surface area contributed by atoms with Crippen molar-refractivity contribution in [3.63, 3.8) is 0 Å². The van der Waals surface area contributed by atoms with Gasteiger partial charge < -0.3 is 0 Å². The fraction of sp³-hybridized carbons (Fsp3) is 0.393. The van der Waals surface area contributed by atoms with Gasteiger partial charge >= 0.3 is 0 Å². The first kappa shape index (κ1) is 19.9. The van der Waals surface area contributed by atoms with Crippen LogP contribution in [0.3, 0.4) is 0 Å². The van der Waals surface area contributed by atoms with Gasteiger partial charge in [0, 0.05) is 11.1 Å². The smallest absolute Gasteiger partial charge is 0.193 e. The van der Waals surface area contributed by atoms with E-state index < -0.39 is 0 Å². The van der Waals surface area contributed by atoms with E-state index in [2.05, 4.69) is 71.5 Å². The fourth-order valence-electron chi connectivity index (χ4n) is 4.92. The molecule has 0 unspecified atom stereocenters. The molecular formula is C28H32O. The molecule has 0 spiro atoms. The third kappa shape index (κ3) is 3.41. The van der Waals surface area contributed by atoms with E-state index >= 15 is 0 Å². The second kappa shape index (κ2) is 6.83. The molecule has 2 aliphatic carbocycles. The molecule has 1 heteroatoms. The van der Waals surface area contributed by atoms with Crippen LogP contribution in [0.5, 0.6) is 0 Å². The number of fused-ring (bicyclic) bond motifs is 1. The van der Waals surface area contributed by atoms with Crippen LogP contribution in [0.2, 0.25) is 0 Å². The van der Waals surface area contributed by atoms with E-state index in [0.717, 1.165) is 41.5 Å². The van der Waals surface area contributed by atoms with Gasteiger partial charge in [-0.3, -0.25) is 4.79 Å². The number of allylic oxidation sites excluding steroid dienone is 3. The highest BCUT2D eigenvalue weighted by atomic mass is 16.1. The molecule has 2 aliphatic rings. The van der Waals surface area contributed by atoms with Crippen LogP contribution in [0.1, 0.15) is 91.6 Å². The van der Waals surface area contributed by atoms with Gasteiger partial charge in [-0.25, -0.2) is 0 Å². The molecule has 0 saturated heterocycles. The van der Waals surface area contributed by atoms with Crippen LogP contribution in [-0.2, 0) is 10.8 Å². The largest absolute Gasteiger partial charge is 0.289 e. The van der Waals surface area contributed by atoms with Crippen molar-refractivity contribution >= 4 is 11.4 Å². The highest BCUT2D eigenvalue weighted by Gasteiger charge is 2.37. The van der Waals surface area contributed by atoms with Gasteiger partial charge in [-0.05, 0) is 82.9 Å². The first-order valence-corrected chi connectivity index (χ1v) is 10.8. The maximum atomic E-state index is 13.4. The molecule has 0 N–H and O–H groups in total. The van der Waals surface area contributed by atoms with Gasteiger partial charge in [0.15, 0.2) is 5.78 Å². The van der Waals surface area contributed by atoms with Crippen molar-refractivity contribution in [2.75, 3.05) is 0 Å². The second-order valence-electron chi connectivity index (χ2n) is 10.1. The Morgan fingerprint density at radius 2 is 1.52 bits per heavy atom. The lowest BCUT2D eigenvalue weighted by molar-refractivity contribution is 0.103. The number of carbonyl (C=O) groups is 1. The summed E-state index contributed by atoms with van der Waals surface area (Å²) in [5, 5.41) is 0. The van der Waals surface area contributed by atoms with Crippen molar-refractivity contribution < 1.29 is 4.79 Å². The van der Waals surface area contributed by atoms with Gasteiger partial charge in [0.05, 0.1) is 0 Å². The lowest BCUT2D eigenvalue weighted by atomic mass is 9.62. The topological polar surface area (TPSA) is 17.1 Å². The summed E-state index contributed by atoms with van der Waals surface area (Å²) in [6.07, 6.45) is 6.68. The van der Waals surface area contributed by atoms with Crippen LogP contribution in [0.15, 0.2) is 54.6 Å². The van der Waals surface area contributed by atoms with Crippen LogP contribution in [0, 0.1) is 6.92 Å². The van der Waals surface area contributed by atoms with Crippen molar-refractivity contribution in [1.29, 1.82) is 0 Å². The molecule has 0 saturated carbocycles. The lowest BCUT2D eigenvalue weighted by Gasteiger charge is -2.42. The number of ketones is 1. The van der Waals surface area contributed by atoms with E-state index in [9.17, 15) is 4.79 Å². The number of rotatable bonds is 3. The molecular weight excluding hydrogens is 352 g/mol. The summed E-state index contributed by atoms with van der Waals surface area (Å²) < 4.78 is 0. The van der Waals surface area contributed by atoms with E-state index in [4.69, 9.17) is 0 Å². The number of benzene rings is 2. The molecule has 0 bridgehead atoms. The van der Waals surface area contributed by atoms with E-state index in [1.807, 2.05) is 12.1 Å². The van der Waals surface area contributed by atoms with Crippen molar-refractivity contribution in [3.8, 4) is 0 Å². The van der Waals surface area contributed by atoms with Crippen LogP contribution >= 0.6 is 0 Å². The summed E-state index contributed by atoms with van der Waals surface area (Å²) >= 11 is 0. The first-order chi connectivity index (χ1) is 13.6. The second-order valence-corrected chi connectivity index (χ2v) is 10.1. The van der Waals surface area contributed by atoms with Crippen LogP contribution < -0.4 is 0 Å². The number of aryl methyl sites for hydroxylation is 1. The molecule has 0 aliphatic heterocycles. The Balaban J connectivity index is 1.72. The molecule has 1 nitrogen and oxygen atoms in total. The molecule has 0 heterocycles. The SMILES string of the molecule is C=C1CCC=C1c1ccc(C(=O)c2cc3c(cc2C)C(C)(C)CCC3(C)C)cc1. The Hall–Kier alpha value is -2.41. The molecule has 0 amide bonds. The standard InChI is InChI=1S/C28H32O/c1-18-8-7-9-22(18)20-10-12-21(13-11-20)26(29)23-17-25-24(16-19(23)2)27(3,4)14-15-28(25,5)6/h9-13,16-17H,1,7-8,14-15H2,2-6H3. The summed E-state index contributed by atoms with van der Waals surface area (Å²) in [5.74, 6) is 0.121. The van der Waals surface area contributed by atoms with Gasteiger partial charge in [-0.2, -0.15) is 0 Å². The van der Waals surface area contributed by atoms with Crippen molar-refractivity contribution in [1.82, 2.24) is 0 Å².